The molecule has 1 aliphatic rings. The number of fused-ring (bicyclic) bond motifs is 5. The van der Waals surface area contributed by atoms with Crippen molar-refractivity contribution in [2.24, 2.45) is 0 Å². The van der Waals surface area contributed by atoms with Crippen LogP contribution in [0, 0.1) is 0 Å². The van der Waals surface area contributed by atoms with Gasteiger partial charge in [-0.1, -0.05) is 0 Å². The number of aliphatic hydroxyl groups is 4. The predicted octanol–water partition coefficient (Wildman–Crippen LogP) is -0.0121. The zero-order valence-electron chi connectivity index (χ0n) is 16.6. The van der Waals surface area contributed by atoms with Gasteiger partial charge in [-0.15, -0.1) is 0 Å². The van der Waals surface area contributed by atoms with Gasteiger partial charge in [0.2, 0.25) is 6.29 Å². The maximum absolute atomic E-state index is 12.6. The van der Waals surface area contributed by atoms with Crippen molar-refractivity contribution < 1.29 is 54.1 Å². The molecule has 2 unspecified atom stereocenters. The molecule has 1 saturated heterocycles. The van der Waals surface area contributed by atoms with E-state index in [0.29, 0.717) is 0 Å². The van der Waals surface area contributed by atoms with Crippen molar-refractivity contribution in [3.05, 3.63) is 34.7 Å². The molecule has 0 spiro atoms. The third-order valence-electron chi connectivity index (χ3n) is 5.57. The molecule has 174 valence electrons. The first-order chi connectivity index (χ1) is 15.7. The third kappa shape index (κ3) is 3.23. The van der Waals surface area contributed by atoms with Gasteiger partial charge >= 0.3 is 5.63 Å². The number of aliphatic hydroxyl groups excluding tert-OH is 4. The minimum Gasteiger partial charge on any atom is -0.507 e. The molecular formula is C21H18O12. The highest BCUT2D eigenvalue weighted by Crippen LogP contribution is 2.41. The Morgan fingerprint density at radius 3 is 2.27 bits per heavy atom. The molecule has 2 aromatic heterocycles. The van der Waals surface area contributed by atoms with Crippen LogP contribution in [0.1, 0.15) is 0 Å². The average Bonchev–Trinajstić information content (AvgIpc) is 3.12. The summed E-state index contributed by atoms with van der Waals surface area (Å²) in [6.45, 7) is -0.655. The van der Waals surface area contributed by atoms with Crippen LogP contribution in [0.3, 0.4) is 0 Å². The molecule has 0 bridgehead atoms. The van der Waals surface area contributed by atoms with E-state index >= 15 is 0 Å². The molecule has 0 saturated carbocycles. The molecule has 0 aliphatic carbocycles. The molecule has 0 radical (unpaired) electrons. The molecule has 33 heavy (non-hydrogen) atoms. The average molecular weight is 462 g/mol. The van der Waals surface area contributed by atoms with Crippen LogP contribution in [0.4, 0.5) is 0 Å². The standard InChI is InChI=1S/C21H18O12/c22-5-13-16(26)17(27)18(28)21(33-13)30-6-1-10(25)15-12(2-6)32-20(29)14-7-3-8(23)9(24)4-11(7)31-19(14)15/h1-4,13,16-18,21-28H,5H2/t13?,16-,17+,18?,21-/m1/s1. The second kappa shape index (κ2) is 7.50. The van der Waals surface area contributed by atoms with Crippen LogP contribution < -0.4 is 10.4 Å². The van der Waals surface area contributed by atoms with Crippen molar-refractivity contribution in [2.75, 3.05) is 6.61 Å². The molecule has 5 rings (SSSR count). The van der Waals surface area contributed by atoms with Crippen LogP contribution in [0.5, 0.6) is 23.0 Å². The van der Waals surface area contributed by atoms with E-state index in [2.05, 4.69) is 0 Å². The minimum absolute atomic E-state index is 0.000863. The van der Waals surface area contributed by atoms with E-state index in [1.807, 2.05) is 0 Å². The van der Waals surface area contributed by atoms with Crippen molar-refractivity contribution in [3.63, 3.8) is 0 Å². The van der Waals surface area contributed by atoms with Crippen molar-refractivity contribution in [1.82, 2.24) is 0 Å². The lowest BCUT2D eigenvalue weighted by Crippen LogP contribution is -2.60. The second-order valence-corrected chi connectivity index (χ2v) is 7.66. The summed E-state index contributed by atoms with van der Waals surface area (Å²) in [5.41, 5.74) is -0.996. The van der Waals surface area contributed by atoms with Crippen LogP contribution in [0.25, 0.3) is 32.9 Å². The lowest BCUT2D eigenvalue weighted by molar-refractivity contribution is -0.277. The zero-order valence-corrected chi connectivity index (χ0v) is 16.6. The van der Waals surface area contributed by atoms with E-state index < -0.39 is 60.2 Å². The summed E-state index contributed by atoms with van der Waals surface area (Å²) in [6.07, 6.45) is -7.66. The van der Waals surface area contributed by atoms with E-state index in [-0.39, 0.29) is 38.7 Å². The number of benzene rings is 2. The number of phenolic OH excluding ortho intramolecular Hbond substituents is 3. The van der Waals surface area contributed by atoms with E-state index in [1.165, 1.54) is 6.07 Å². The number of aromatic hydroxyl groups is 3. The monoisotopic (exact) mass is 462 g/mol. The molecule has 4 aromatic rings. The summed E-state index contributed by atoms with van der Waals surface area (Å²) in [7, 11) is 0. The van der Waals surface area contributed by atoms with Gasteiger partial charge in [0.15, 0.2) is 17.1 Å². The first-order valence-corrected chi connectivity index (χ1v) is 9.74. The van der Waals surface area contributed by atoms with Crippen molar-refractivity contribution in [2.45, 2.75) is 30.7 Å². The molecule has 0 amide bonds. The SMILES string of the molecule is O=c1oc2cc(O[C@@H]3OC(CO)[C@@H](O)[C@H](O)C3O)cc(O)c2c2oc3cc(O)c(O)cc3c12. The van der Waals surface area contributed by atoms with E-state index in [9.17, 15) is 40.5 Å². The third-order valence-corrected chi connectivity index (χ3v) is 5.57. The summed E-state index contributed by atoms with van der Waals surface area (Å²) in [4.78, 5) is 12.6. The first kappa shape index (κ1) is 21.3. The summed E-state index contributed by atoms with van der Waals surface area (Å²) in [6, 6.07) is 4.57. The van der Waals surface area contributed by atoms with Gasteiger partial charge in [-0.3, -0.25) is 0 Å². The van der Waals surface area contributed by atoms with Gasteiger partial charge < -0.3 is 54.1 Å². The Bertz CT molecular complexity index is 1430. The Labute approximate surface area is 182 Å². The Morgan fingerprint density at radius 1 is 0.818 bits per heavy atom. The fourth-order valence-electron chi connectivity index (χ4n) is 3.90. The number of furan rings is 1. The van der Waals surface area contributed by atoms with Gasteiger partial charge in [0.1, 0.15) is 57.9 Å². The molecule has 7 N–H and O–H groups in total. The molecule has 2 aromatic carbocycles. The van der Waals surface area contributed by atoms with Gasteiger partial charge in [-0.05, 0) is 6.07 Å². The highest BCUT2D eigenvalue weighted by Gasteiger charge is 2.44. The Kier molecular flexibility index (Phi) is 4.84. The number of phenols is 3. The van der Waals surface area contributed by atoms with E-state index in [0.717, 1.165) is 18.2 Å². The van der Waals surface area contributed by atoms with Crippen LogP contribution in [-0.4, -0.2) is 73.1 Å². The summed E-state index contributed by atoms with van der Waals surface area (Å²) < 4.78 is 21.7. The molecule has 3 heterocycles. The van der Waals surface area contributed by atoms with Crippen LogP contribution in [0.2, 0.25) is 0 Å². The fourth-order valence-corrected chi connectivity index (χ4v) is 3.90. The molecule has 1 fully saturated rings. The molecule has 5 atom stereocenters. The van der Waals surface area contributed by atoms with E-state index in [4.69, 9.17) is 18.3 Å². The second-order valence-electron chi connectivity index (χ2n) is 7.66. The number of ether oxygens (including phenoxy) is 2. The Hall–Kier alpha value is -3.55. The lowest BCUT2D eigenvalue weighted by Gasteiger charge is -2.39. The van der Waals surface area contributed by atoms with Crippen molar-refractivity contribution in [1.29, 1.82) is 0 Å². The highest BCUT2D eigenvalue weighted by molar-refractivity contribution is 6.15. The van der Waals surface area contributed by atoms with Gasteiger partial charge in [0, 0.05) is 23.6 Å². The summed E-state index contributed by atoms with van der Waals surface area (Å²) >= 11 is 0. The highest BCUT2D eigenvalue weighted by atomic mass is 16.7. The van der Waals surface area contributed by atoms with Gasteiger partial charge in [0.25, 0.3) is 0 Å². The van der Waals surface area contributed by atoms with Gasteiger partial charge in [0.05, 0.1) is 6.61 Å². The molecule has 1 aliphatic heterocycles. The molecule has 12 nitrogen and oxygen atoms in total. The fraction of sp³-hybridized carbons (Fsp3) is 0.286. The van der Waals surface area contributed by atoms with Gasteiger partial charge in [-0.25, -0.2) is 4.79 Å². The summed E-state index contributed by atoms with van der Waals surface area (Å²) in [5, 5.41) is 69.4. The first-order valence-electron chi connectivity index (χ1n) is 9.74. The molecule has 12 heteroatoms. The Morgan fingerprint density at radius 2 is 1.55 bits per heavy atom. The number of hydrogen-bond acceptors (Lipinski definition) is 12. The normalized spacial score (nSPS) is 25.8. The van der Waals surface area contributed by atoms with Gasteiger partial charge in [-0.2, -0.15) is 0 Å². The van der Waals surface area contributed by atoms with Crippen molar-refractivity contribution >= 4 is 32.9 Å². The zero-order chi connectivity index (χ0) is 23.6. The van der Waals surface area contributed by atoms with Crippen LogP contribution in [0.15, 0.2) is 37.9 Å². The van der Waals surface area contributed by atoms with Crippen LogP contribution >= 0.6 is 0 Å². The Balaban J connectivity index is 1.61. The topological polar surface area (TPSA) is 203 Å². The smallest absolute Gasteiger partial charge is 0.348 e. The van der Waals surface area contributed by atoms with Crippen LogP contribution in [-0.2, 0) is 4.74 Å². The minimum atomic E-state index is -1.69. The quantitative estimate of drug-likeness (QED) is 0.159. The largest absolute Gasteiger partial charge is 0.507 e. The van der Waals surface area contributed by atoms with Crippen molar-refractivity contribution in [3.8, 4) is 23.0 Å². The number of hydrogen-bond donors (Lipinski definition) is 7. The maximum atomic E-state index is 12.6. The predicted molar refractivity (Wildman–Crippen MR) is 109 cm³/mol. The lowest BCUT2D eigenvalue weighted by atomic mass is 9.99. The molecular weight excluding hydrogens is 444 g/mol. The van der Waals surface area contributed by atoms with E-state index in [1.54, 1.807) is 0 Å². The number of rotatable bonds is 3. The summed E-state index contributed by atoms with van der Waals surface area (Å²) in [5.74, 6) is -1.50. The maximum Gasteiger partial charge on any atom is 0.348 e.